The van der Waals surface area contributed by atoms with Crippen molar-refractivity contribution in [2.24, 2.45) is 0 Å². The lowest BCUT2D eigenvalue weighted by Gasteiger charge is -2.37. The van der Waals surface area contributed by atoms with Crippen molar-refractivity contribution in [3.63, 3.8) is 0 Å². The third-order valence-corrected chi connectivity index (χ3v) is 18.3. The van der Waals surface area contributed by atoms with E-state index in [9.17, 15) is 84.5 Å². The number of alkyl halides is 9. The molecule has 0 aliphatic carbocycles. The molecule has 3 fully saturated rings. The van der Waals surface area contributed by atoms with Gasteiger partial charge in [-0.3, -0.25) is 14.4 Å². The van der Waals surface area contributed by atoms with E-state index in [1.54, 1.807) is 20.8 Å². The molecule has 0 amide bonds. The number of nitrogens with one attached hydrogen (secondary N) is 6. The number of fused-ring (bicyclic) bond motifs is 3. The summed E-state index contributed by atoms with van der Waals surface area (Å²) in [5.41, 5.74) is -7.04. The summed E-state index contributed by atoms with van der Waals surface area (Å²) in [4.78, 5) is 77.3. The summed E-state index contributed by atoms with van der Waals surface area (Å²) in [6.45, 7) is 0.955. The van der Waals surface area contributed by atoms with Crippen molar-refractivity contribution in [1.82, 2.24) is 44.9 Å². The molecule has 3 saturated heterocycles. The summed E-state index contributed by atoms with van der Waals surface area (Å²) in [5, 5.41) is 67.7. The number of aromatic nitrogens is 9. The van der Waals surface area contributed by atoms with Crippen LogP contribution in [0.2, 0.25) is 0 Å². The second-order valence-corrected chi connectivity index (χ2v) is 25.5. The molecule has 27 nitrogen and oxygen atoms in total. The first-order chi connectivity index (χ1) is 47.7. The Morgan fingerprint density at radius 2 is 0.752 bits per heavy atom. The van der Waals surface area contributed by atoms with Gasteiger partial charge in [0.25, 0.3) is 16.7 Å². The molecule has 0 bridgehead atoms. The largest absolute Gasteiger partial charge is 0.496 e. The second-order valence-electron chi connectivity index (χ2n) is 23.8. The maximum absolute atomic E-state index is 13.5. The van der Waals surface area contributed by atoms with Crippen LogP contribution in [0, 0.1) is 0 Å². The third-order valence-electron chi connectivity index (χ3n) is 17.1. The Kier molecular flexibility index (Phi) is 22.0. The highest BCUT2D eigenvalue weighted by molar-refractivity contribution is 9.11. The number of H-pyrrole nitrogens is 3. The molecule has 6 aromatic heterocycles. The molecule has 101 heavy (non-hydrogen) atoms. The summed E-state index contributed by atoms with van der Waals surface area (Å²) in [5.74, 6) is -0.223. The molecule has 0 spiro atoms. The number of ether oxygens (including phenoxy) is 3. The Morgan fingerprint density at radius 1 is 0.455 bits per heavy atom. The normalized spacial score (nSPS) is 16.1. The van der Waals surface area contributed by atoms with E-state index in [0.29, 0.717) is 53.7 Å². The molecular formula is C63H64Br2F9N15O12. The minimum Gasteiger partial charge on any atom is -0.496 e. The van der Waals surface area contributed by atoms with E-state index >= 15 is 0 Å². The van der Waals surface area contributed by atoms with Crippen LogP contribution in [-0.2, 0) is 18.5 Å². The zero-order valence-corrected chi connectivity index (χ0v) is 56.6. The number of rotatable bonds is 15. The average Bonchev–Trinajstić information content (AvgIpc) is 0.776. The highest BCUT2D eigenvalue weighted by Crippen LogP contribution is 2.43. The average molecular weight is 1550 g/mol. The summed E-state index contributed by atoms with van der Waals surface area (Å²) < 4.78 is 137. The minimum absolute atomic E-state index is 0.0174. The van der Waals surface area contributed by atoms with Gasteiger partial charge in [-0.15, -0.1) is 0 Å². The van der Waals surface area contributed by atoms with E-state index in [1.165, 1.54) is 55.0 Å². The van der Waals surface area contributed by atoms with Crippen molar-refractivity contribution in [2.75, 3.05) is 111 Å². The number of aromatic amines is 3. The summed E-state index contributed by atoms with van der Waals surface area (Å²) in [7, 11) is 3.45. The van der Waals surface area contributed by atoms with Gasteiger partial charge in [0, 0.05) is 74.9 Å². The van der Waals surface area contributed by atoms with E-state index in [-0.39, 0.29) is 155 Å². The number of piperidine rings is 3. The van der Waals surface area contributed by atoms with Crippen molar-refractivity contribution in [3.8, 4) is 17.2 Å². The van der Waals surface area contributed by atoms with Crippen molar-refractivity contribution in [3.05, 3.63) is 136 Å². The van der Waals surface area contributed by atoms with Crippen molar-refractivity contribution in [1.29, 1.82) is 0 Å². The standard InChI is InChI=1S/2C21H21BrF3N5O4.C21H22F3N5O4/c2*1-34-14-3-2-11(8-12(14)21(23,24)25)27-17-15-16(13(22)9-26-18(15)32)28-19(29-17)30-6-4-20(33,10-31)5-7-30;1-33-15-3-2-12(10-13(15)21(22,23)24)26-17-16-14(4-7-25-18(16)31)27-19(28-17)29-8-5-20(32,11-30)6-9-29/h2*2-3,8-9,31,33H,4-7,10H2,1H3,(H,26,32)(H,27,28,29);2-4,7,10,30,32H,5-6,8-9,11H2,1H3,(H,25,31)(H,26,27,28). The summed E-state index contributed by atoms with van der Waals surface area (Å²) in [6, 6.07) is 11.9. The SMILES string of the molecule is COc1ccc(Nc2nc(N3CCC(O)(CO)CC3)nc3c(Br)c[nH]c(=O)c23)cc1C(F)(F)F.COc1ccc(Nc2nc(N3CCC(O)(CO)CC3)nc3c(Br)c[nH]c(=O)c23)cc1C(F)(F)F.COc1ccc(Nc2nc(N3CCC(O)(CO)CC3)nc3cc[nH]c(=O)c23)cc1C(F)(F)F. The molecule has 0 atom stereocenters. The lowest BCUT2D eigenvalue weighted by Crippen LogP contribution is -2.47. The lowest BCUT2D eigenvalue weighted by atomic mass is 9.93. The number of halogens is 11. The number of pyridine rings is 3. The Hall–Kier alpha value is -9.18. The zero-order valence-electron chi connectivity index (χ0n) is 53.4. The first-order valence-electron chi connectivity index (χ1n) is 30.6. The van der Waals surface area contributed by atoms with Crippen LogP contribution in [0.25, 0.3) is 32.7 Å². The molecule has 12 N–H and O–H groups in total. The smallest absolute Gasteiger partial charge is 0.420 e. The van der Waals surface area contributed by atoms with Gasteiger partial charge in [0.05, 0.1) is 100 Å². The van der Waals surface area contributed by atoms with Crippen LogP contribution >= 0.6 is 31.9 Å². The number of hydrogen-bond donors (Lipinski definition) is 12. The predicted molar refractivity (Wildman–Crippen MR) is 360 cm³/mol. The summed E-state index contributed by atoms with van der Waals surface area (Å²) in [6.07, 6.45) is -8.02. The zero-order chi connectivity index (χ0) is 73.1. The van der Waals surface area contributed by atoms with Crippen LogP contribution < -0.4 is 61.5 Å². The fraction of sp³-hybridized carbons (Fsp3) is 0.381. The van der Waals surface area contributed by atoms with E-state index in [0.717, 1.165) is 39.5 Å². The van der Waals surface area contributed by atoms with Crippen LogP contribution in [0.5, 0.6) is 17.2 Å². The number of aliphatic hydroxyl groups excluding tert-OH is 3. The fourth-order valence-corrected chi connectivity index (χ4v) is 12.1. The van der Waals surface area contributed by atoms with Crippen molar-refractivity contribution < 1.29 is 84.4 Å². The van der Waals surface area contributed by atoms with Crippen LogP contribution in [0.3, 0.4) is 0 Å². The monoisotopic (exact) mass is 1550 g/mol. The molecule has 0 unspecified atom stereocenters. The molecule has 12 rings (SSSR count). The molecule has 3 aromatic carbocycles. The molecule has 3 aliphatic heterocycles. The van der Waals surface area contributed by atoms with E-state index in [4.69, 9.17) is 14.2 Å². The van der Waals surface area contributed by atoms with Gasteiger partial charge in [-0.25, -0.2) is 15.0 Å². The maximum atomic E-state index is 13.5. The molecule has 9 heterocycles. The van der Waals surface area contributed by atoms with E-state index < -0.39 is 68.7 Å². The molecule has 0 saturated carbocycles. The van der Waals surface area contributed by atoms with Crippen LogP contribution in [-0.4, -0.2) is 173 Å². The van der Waals surface area contributed by atoms with Crippen molar-refractivity contribution >= 4 is 117 Å². The van der Waals surface area contributed by atoms with Crippen molar-refractivity contribution in [2.45, 2.75) is 73.9 Å². The lowest BCUT2D eigenvalue weighted by molar-refractivity contribution is -0.139. The first kappa shape index (κ1) is 74.5. The van der Waals surface area contributed by atoms with E-state index in [2.05, 4.69) is 92.7 Å². The molecule has 540 valence electrons. The molecule has 9 aromatic rings. The third kappa shape index (κ3) is 16.8. The fourth-order valence-electron chi connectivity index (χ4n) is 11.3. The number of hydrogen-bond acceptors (Lipinski definition) is 24. The Bertz CT molecular complexity index is 4500. The van der Waals surface area contributed by atoms with Crippen LogP contribution in [0.1, 0.15) is 55.2 Å². The Balaban J connectivity index is 0.000000163. The van der Waals surface area contributed by atoms with Gasteiger partial charge in [-0.1, -0.05) is 0 Å². The number of aliphatic hydroxyl groups is 6. The van der Waals surface area contributed by atoms with Gasteiger partial charge in [-0.2, -0.15) is 54.5 Å². The van der Waals surface area contributed by atoms with Gasteiger partial charge < -0.3 is 90.5 Å². The Morgan fingerprint density at radius 3 is 1.05 bits per heavy atom. The minimum atomic E-state index is -4.65. The first-order valence-corrected chi connectivity index (χ1v) is 32.2. The molecule has 3 aliphatic rings. The topological polar surface area (TPSA) is 371 Å². The molecular weight excluding hydrogens is 1490 g/mol. The number of anilines is 9. The predicted octanol–water partition coefficient (Wildman–Crippen LogP) is 8.76. The van der Waals surface area contributed by atoms with Gasteiger partial charge in [-0.05, 0) is 131 Å². The van der Waals surface area contributed by atoms with Gasteiger partial charge in [0.2, 0.25) is 17.8 Å². The summed E-state index contributed by atoms with van der Waals surface area (Å²) >= 11 is 6.70. The van der Waals surface area contributed by atoms with Crippen LogP contribution in [0.15, 0.2) is 103 Å². The second kappa shape index (κ2) is 29.8. The Labute approximate surface area is 581 Å². The highest BCUT2D eigenvalue weighted by atomic mass is 79.9. The number of benzene rings is 3. The van der Waals surface area contributed by atoms with Gasteiger partial charge in [0.1, 0.15) is 50.9 Å². The molecule has 0 radical (unpaired) electrons. The number of methoxy groups -OCH3 is 3. The molecule has 38 heteroatoms. The maximum Gasteiger partial charge on any atom is 0.420 e. The van der Waals surface area contributed by atoms with Gasteiger partial charge in [0.15, 0.2) is 0 Å². The van der Waals surface area contributed by atoms with E-state index in [1.807, 2.05) is 0 Å². The highest BCUT2D eigenvalue weighted by Gasteiger charge is 2.40. The quantitative estimate of drug-likeness (QED) is 0.0426. The van der Waals surface area contributed by atoms with Gasteiger partial charge >= 0.3 is 18.5 Å². The van der Waals surface area contributed by atoms with Crippen LogP contribution in [0.4, 0.5) is 91.9 Å². The number of nitrogens with zero attached hydrogens (tertiary/aromatic N) is 9.